The molecule has 138 valence electrons. The third-order valence-electron chi connectivity index (χ3n) is 3.63. The number of hydrogen-bond acceptors (Lipinski definition) is 5. The Morgan fingerprint density at radius 3 is 2.62 bits per heavy atom. The van der Waals surface area contributed by atoms with Crippen molar-refractivity contribution >= 4 is 17.4 Å². The van der Waals surface area contributed by atoms with Gasteiger partial charge in [0.25, 0.3) is 5.56 Å². The number of hydrogen-bond donors (Lipinski definition) is 4. The maximum Gasteiger partial charge on any atom is 0.339 e. The summed E-state index contributed by atoms with van der Waals surface area (Å²) in [6, 6.07) is 8.15. The van der Waals surface area contributed by atoms with Crippen LogP contribution in [-0.4, -0.2) is 26.4 Å². The fourth-order valence-electron chi connectivity index (χ4n) is 2.28. The van der Waals surface area contributed by atoms with E-state index in [-0.39, 0.29) is 17.8 Å². The number of rotatable bonds is 6. The summed E-state index contributed by atoms with van der Waals surface area (Å²) in [7, 11) is 0. The summed E-state index contributed by atoms with van der Waals surface area (Å²) in [6.45, 7) is 3.65. The van der Waals surface area contributed by atoms with Crippen molar-refractivity contribution in [1.29, 1.82) is 0 Å². The van der Waals surface area contributed by atoms with Crippen LogP contribution in [0.3, 0.4) is 0 Å². The van der Waals surface area contributed by atoms with E-state index in [1.165, 1.54) is 6.92 Å². The SMILES string of the molecule is CCCCn1c(O)c(/C(C)=N/NC(=O)Nc2ccccc2)c(=O)[nH]c1=O. The Morgan fingerprint density at radius 1 is 1.27 bits per heavy atom. The van der Waals surface area contributed by atoms with Crippen LogP contribution in [0.25, 0.3) is 0 Å². The van der Waals surface area contributed by atoms with Gasteiger partial charge in [-0.2, -0.15) is 5.10 Å². The smallest absolute Gasteiger partial charge is 0.339 e. The predicted octanol–water partition coefficient (Wildman–Crippen LogP) is 1.59. The first kappa shape index (κ1) is 19.0. The van der Waals surface area contributed by atoms with Crippen LogP contribution < -0.4 is 22.0 Å². The molecule has 4 N–H and O–H groups in total. The molecule has 1 aromatic carbocycles. The van der Waals surface area contributed by atoms with E-state index in [2.05, 4.69) is 20.8 Å². The lowest BCUT2D eigenvalue weighted by Crippen LogP contribution is -2.34. The molecule has 0 radical (unpaired) electrons. The summed E-state index contributed by atoms with van der Waals surface area (Å²) in [6.07, 6.45) is 1.47. The lowest BCUT2D eigenvalue weighted by Gasteiger charge is -2.11. The highest BCUT2D eigenvalue weighted by Gasteiger charge is 2.16. The minimum atomic E-state index is -0.772. The van der Waals surface area contributed by atoms with Crippen LogP contribution in [0, 0.1) is 0 Å². The number of hydrazone groups is 1. The Bertz CT molecular complexity index is 915. The van der Waals surface area contributed by atoms with Gasteiger partial charge in [0.05, 0.1) is 5.71 Å². The molecule has 2 rings (SSSR count). The molecule has 2 aromatic rings. The number of carbonyl (C=O) groups is 1. The number of aromatic amines is 1. The molecule has 2 amide bonds. The first-order chi connectivity index (χ1) is 12.4. The van der Waals surface area contributed by atoms with Gasteiger partial charge < -0.3 is 10.4 Å². The summed E-state index contributed by atoms with van der Waals surface area (Å²) in [5, 5.41) is 16.7. The number of unbranched alkanes of at least 4 members (excludes halogenated alkanes) is 1. The number of amides is 2. The normalized spacial score (nSPS) is 11.2. The Hall–Kier alpha value is -3.36. The number of benzene rings is 1. The minimum absolute atomic E-state index is 0.0669. The Morgan fingerprint density at radius 2 is 1.96 bits per heavy atom. The van der Waals surface area contributed by atoms with Gasteiger partial charge in [-0.3, -0.25) is 14.3 Å². The van der Waals surface area contributed by atoms with Crippen LogP contribution in [0.1, 0.15) is 32.3 Å². The topological polar surface area (TPSA) is 129 Å². The molecule has 0 bridgehead atoms. The number of urea groups is 1. The van der Waals surface area contributed by atoms with Crippen molar-refractivity contribution in [2.75, 3.05) is 5.32 Å². The van der Waals surface area contributed by atoms with E-state index in [0.29, 0.717) is 12.1 Å². The highest BCUT2D eigenvalue weighted by atomic mass is 16.3. The summed E-state index contributed by atoms with van der Waals surface area (Å²) in [4.78, 5) is 37.9. The van der Waals surface area contributed by atoms with Crippen LogP contribution in [0.5, 0.6) is 5.88 Å². The van der Waals surface area contributed by atoms with Crippen LogP contribution in [0.15, 0.2) is 45.0 Å². The van der Waals surface area contributed by atoms with Gasteiger partial charge in [0, 0.05) is 12.2 Å². The molecular weight excluding hydrogens is 338 g/mol. The molecule has 9 heteroatoms. The van der Waals surface area contributed by atoms with Gasteiger partial charge in [0.15, 0.2) is 0 Å². The van der Waals surface area contributed by atoms with Gasteiger partial charge in [-0.15, -0.1) is 0 Å². The van der Waals surface area contributed by atoms with E-state index < -0.39 is 23.2 Å². The number of para-hydroxylation sites is 1. The lowest BCUT2D eigenvalue weighted by molar-refractivity contribution is 0.252. The van der Waals surface area contributed by atoms with Crippen molar-refractivity contribution in [1.82, 2.24) is 15.0 Å². The number of aromatic nitrogens is 2. The maximum absolute atomic E-state index is 12.0. The zero-order valence-electron chi connectivity index (χ0n) is 14.6. The van der Waals surface area contributed by atoms with Gasteiger partial charge >= 0.3 is 11.7 Å². The zero-order chi connectivity index (χ0) is 19.1. The third-order valence-corrected chi connectivity index (χ3v) is 3.63. The highest BCUT2D eigenvalue weighted by molar-refractivity contribution is 6.01. The molecule has 9 nitrogen and oxygen atoms in total. The molecule has 1 aromatic heterocycles. The van der Waals surface area contributed by atoms with Crippen LogP contribution in [0.2, 0.25) is 0 Å². The molecule has 0 aliphatic heterocycles. The van der Waals surface area contributed by atoms with Crippen molar-refractivity contribution in [3.63, 3.8) is 0 Å². The van der Waals surface area contributed by atoms with Crippen molar-refractivity contribution in [3.8, 4) is 5.88 Å². The average molecular weight is 359 g/mol. The van der Waals surface area contributed by atoms with Crippen molar-refractivity contribution < 1.29 is 9.90 Å². The van der Waals surface area contributed by atoms with E-state index in [4.69, 9.17) is 0 Å². The van der Waals surface area contributed by atoms with E-state index >= 15 is 0 Å². The molecule has 0 saturated carbocycles. The number of carbonyl (C=O) groups excluding carboxylic acids is 1. The molecule has 26 heavy (non-hydrogen) atoms. The Kier molecular flexibility index (Phi) is 6.31. The van der Waals surface area contributed by atoms with Crippen LogP contribution in [-0.2, 0) is 6.54 Å². The van der Waals surface area contributed by atoms with Crippen LogP contribution in [0.4, 0.5) is 10.5 Å². The van der Waals surface area contributed by atoms with E-state index in [1.54, 1.807) is 24.3 Å². The monoisotopic (exact) mass is 359 g/mol. The summed E-state index contributed by atoms with van der Waals surface area (Å²) in [5.41, 5.74) is 1.26. The second-order valence-corrected chi connectivity index (χ2v) is 5.59. The predicted molar refractivity (Wildman–Crippen MR) is 98.7 cm³/mol. The zero-order valence-corrected chi connectivity index (χ0v) is 14.6. The summed E-state index contributed by atoms with van der Waals surface area (Å²) in [5.74, 6) is -0.473. The molecule has 0 unspecified atom stereocenters. The fourth-order valence-corrected chi connectivity index (χ4v) is 2.28. The van der Waals surface area contributed by atoms with E-state index in [0.717, 1.165) is 11.0 Å². The minimum Gasteiger partial charge on any atom is -0.494 e. The van der Waals surface area contributed by atoms with Crippen molar-refractivity contribution in [2.45, 2.75) is 33.2 Å². The summed E-state index contributed by atoms with van der Waals surface area (Å²) < 4.78 is 1.07. The second-order valence-electron chi connectivity index (χ2n) is 5.59. The molecule has 0 atom stereocenters. The molecule has 0 aliphatic carbocycles. The van der Waals surface area contributed by atoms with Gasteiger partial charge in [-0.05, 0) is 25.5 Å². The molecular formula is C17H21N5O4. The number of anilines is 1. The number of H-pyrrole nitrogens is 1. The first-order valence-corrected chi connectivity index (χ1v) is 8.16. The highest BCUT2D eigenvalue weighted by Crippen LogP contribution is 2.12. The standard InChI is InChI=1S/C17H21N5O4/c1-3-4-10-22-15(24)13(14(23)19-17(22)26)11(2)20-21-16(25)18-12-8-6-5-7-9-12/h5-9,24H,3-4,10H2,1-2H3,(H2,18,21,25)(H,19,23,26)/b20-11+. The Balaban J connectivity index is 2.21. The number of nitrogens with one attached hydrogen (secondary N) is 3. The molecule has 0 saturated heterocycles. The lowest BCUT2D eigenvalue weighted by atomic mass is 10.2. The number of aromatic hydroxyl groups is 1. The molecule has 1 heterocycles. The van der Waals surface area contributed by atoms with Gasteiger partial charge in [-0.25, -0.2) is 15.0 Å². The molecule has 0 aliphatic rings. The van der Waals surface area contributed by atoms with Crippen molar-refractivity contribution in [3.05, 3.63) is 56.7 Å². The second kappa shape index (κ2) is 8.65. The van der Waals surface area contributed by atoms with E-state index in [1.807, 2.05) is 13.0 Å². The fraction of sp³-hybridized carbons (Fsp3) is 0.294. The van der Waals surface area contributed by atoms with Gasteiger partial charge in [0.2, 0.25) is 5.88 Å². The van der Waals surface area contributed by atoms with Gasteiger partial charge in [0.1, 0.15) is 5.56 Å². The largest absolute Gasteiger partial charge is 0.494 e. The average Bonchev–Trinajstić information content (AvgIpc) is 2.60. The first-order valence-electron chi connectivity index (χ1n) is 8.16. The van der Waals surface area contributed by atoms with Gasteiger partial charge in [-0.1, -0.05) is 31.5 Å². The number of nitrogens with zero attached hydrogens (tertiary/aromatic N) is 2. The summed E-state index contributed by atoms with van der Waals surface area (Å²) >= 11 is 0. The maximum atomic E-state index is 12.0. The quantitative estimate of drug-likeness (QED) is 0.461. The molecule has 0 spiro atoms. The van der Waals surface area contributed by atoms with Crippen molar-refractivity contribution in [2.24, 2.45) is 5.10 Å². The third kappa shape index (κ3) is 4.59. The molecule has 0 fully saturated rings. The van der Waals surface area contributed by atoms with Crippen LogP contribution >= 0.6 is 0 Å². The van der Waals surface area contributed by atoms with E-state index in [9.17, 15) is 19.5 Å². The Labute approximate surface area is 149 Å².